The lowest BCUT2D eigenvalue weighted by molar-refractivity contribution is -0.0284. The molecule has 0 spiro atoms. The summed E-state index contributed by atoms with van der Waals surface area (Å²) < 4.78 is 5.93. The van der Waals surface area contributed by atoms with Crippen LogP contribution < -0.4 is 10.6 Å². The lowest BCUT2D eigenvalue weighted by Crippen LogP contribution is -2.50. The first-order valence-corrected chi connectivity index (χ1v) is 10.1. The van der Waals surface area contributed by atoms with Gasteiger partial charge >= 0.3 is 0 Å². The smallest absolute Gasteiger partial charge is 0.191 e. The number of ether oxygens (including phenoxy) is 1. The first-order valence-electron chi connectivity index (χ1n) is 10.1. The second-order valence-electron chi connectivity index (χ2n) is 7.99. The average molecular weight is 354 g/mol. The predicted molar refractivity (Wildman–Crippen MR) is 105 cm³/mol. The molecule has 0 aromatic carbocycles. The van der Waals surface area contributed by atoms with Crippen molar-refractivity contribution in [1.82, 2.24) is 20.4 Å². The lowest BCUT2D eigenvalue weighted by atomic mass is 9.97. The van der Waals surface area contributed by atoms with Gasteiger partial charge in [-0.15, -0.1) is 0 Å². The Morgan fingerprint density at radius 3 is 2.64 bits per heavy atom. The van der Waals surface area contributed by atoms with E-state index >= 15 is 0 Å². The predicted octanol–water partition coefficient (Wildman–Crippen LogP) is 1.24. The molecule has 2 N–H and O–H groups in total. The van der Waals surface area contributed by atoms with Gasteiger partial charge in [0.25, 0.3) is 0 Å². The molecule has 0 aromatic rings. The number of piperidine rings is 1. The summed E-state index contributed by atoms with van der Waals surface area (Å²) in [5.74, 6) is 2.37. The van der Waals surface area contributed by atoms with Crippen molar-refractivity contribution in [2.24, 2.45) is 16.8 Å². The minimum Gasteiger partial charge on any atom is -0.374 e. The molecule has 25 heavy (non-hydrogen) atoms. The highest BCUT2D eigenvalue weighted by atomic mass is 16.5. The van der Waals surface area contributed by atoms with Crippen molar-refractivity contribution < 1.29 is 4.74 Å². The van der Waals surface area contributed by atoms with E-state index in [9.17, 15) is 0 Å². The molecule has 6 nitrogen and oxygen atoms in total. The molecule has 0 bridgehead atoms. The minimum atomic E-state index is 0.250. The van der Waals surface area contributed by atoms with Crippen LogP contribution in [0.25, 0.3) is 0 Å². The van der Waals surface area contributed by atoms with Gasteiger partial charge in [-0.1, -0.05) is 13.8 Å². The number of hydrogen-bond acceptors (Lipinski definition) is 4. The van der Waals surface area contributed by atoms with Gasteiger partial charge in [-0.25, -0.2) is 0 Å². The summed E-state index contributed by atoms with van der Waals surface area (Å²) in [4.78, 5) is 9.75. The number of morpholine rings is 1. The van der Waals surface area contributed by atoms with Crippen molar-refractivity contribution in [2.45, 2.75) is 39.7 Å². The highest BCUT2D eigenvalue weighted by Gasteiger charge is 2.21. The topological polar surface area (TPSA) is 52.1 Å². The number of guanidine groups is 1. The van der Waals surface area contributed by atoms with E-state index in [0.29, 0.717) is 5.92 Å². The summed E-state index contributed by atoms with van der Waals surface area (Å²) in [5, 5.41) is 6.86. The molecule has 2 saturated heterocycles. The SMILES string of the molecule is CCNC(=NCC1CCN(C)CC1)NCC1CN(CC(C)C)CCO1. The van der Waals surface area contributed by atoms with E-state index < -0.39 is 0 Å². The largest absolute Gasteiger partial charge is 0.374 e. The number of rotatable bonds is 7. The van der Waals surface area contributed by atoms with Gasteiger partial charge in [0.15, 0.2) is 5.96 Å². The fraction of sp³-hybridized carbons (Fsp3) is 0.947. The van der Waals surface area contributed by atoms with Gasteiger partial charge in [0, 0.05) is 39.3 Å². The number of likely N-dealkylation sites (tertiary alicyclic amines) is 1. The second kappa shape index (κ2) is 11.0. The number of nitrogens with one attached hydrogen (secondary N) is 2. The molecule has 2 aliphatic heterocycles. The summed E-state index contributed by atoms with van der Waals surface area (Å²) in [6.45, 7) is 15.8. The lowest BCUT2D eigenvalue weighted by Gasteiger charge is -2.34. The Labute approximate surface area is 154 Å². The highest BCUT2D eigenvalue weighted by Crippen LogP contribution is 2.16. The number of nitrogens with zero attached hydrogens (tertiary/aromatic N) is 3. The van der Waals surface area contributed by atoms with E-state index in [4.69, 9.17) is 9.73 Å². The zero-order valence-electron chi connectivity index (χ0n) is 16.8. The molecule has 0 aromatic heterocycles. The third-order valence-electron chi connectivity index (χ3n) is 5.03. The Balaban J connectivity index is 1.75. The molecule has 146 valence electrons. The van der Waals surface area contributed by atoms with E-state index in [1.807, 2.05) is 0 Å². The minimum absolute atomic E-state index is 0.250. The fourth-order valence-corrected chi connectivity index (χ4v) is 3.60. The molecule has 0 radical (unpaired) electrons. The Bertz CT molecular complexity index is 393. The fourth-order valence-electron chi connectivity index (χ4n) is 3.60. The maximum absolute atomic E-state index is 5.93. The van der Waals surface area contributed by atoms with Gasteiger partial charge in [-0.3, -0.25) is 9.89 Å². The molecule has 1 atom stereocenters. The van der Waals surface area contributed by atoms with Crippen LogP contribution in [-0.2, 0) is 4.74 Å². The van der Waals surface area contributed by atoms with Crippen LogP contribution in [0.5, 0.6) is 0 Å². The molecule has 2 heterocycles. The van der Waals surface area contributed by atoms with Crippen molar-refractivity contribution in [3.05, 3.63) is 0 Å². The Hall–Kier alpha value is -0.850. The maximum Gasteiger partial charge on any atom is 0.191 e. The Morgan fingerprint density at radius 2 is 1.96 bits per heavy atom. The van der Waals surface area contributed by atoms with Crippen molar-refractivity contribution in [2.75, 3.05) is 66.0 Å². The second-order valence-corrected chi connectivity index (χ2v) is 7.99. The van der Waals surface area contributed by atoms with Gasteiger partial charge in [0.1, 0.15) is 0 Å². The zero-order chi connectivity index (χ0) is 18.1. The summed E-state index contributed by atoms with van der Waals surface area (Å²) in [6, 6.07) is 0. The summed E-state index contributed by atoms with van der Waals surface area (Å²) in [6.07, 6.45) is 2.77. The van der Waals surface area contributed by atoms with Crippen molar-refractivity contribution in [3.8, 4) is 0 Å². The molecule has 0 aliphatic carbocycles. The highest BCUT2D eigenvalue weighted by molar-refractivity contribution is 5.79. The molecular weight excluding hydrogens is 314 g/mol. The molecule has 0 saturated carbocycles. The van der Waals surface area contributed by atoms with Gasteiger partial charge in [-0.05, 0) is 51.7 Å². The van der Waals surface area contributed by atoms with Crippen LogP contribution in [0.3, 0.4) is 0 Å². The Kier molecular flexibility index (Phi) is 8.99. The van der Waals surface area contributed by atoms with Gasteiger partial charge < -0.3 is 20.3 Å². The molecule has 2 rings (SSSR count). The van der Waals surface area contributed by atoms with Crippen LogP contribution in [0.4, 0.5) is 0 Å². The first-order chi connectivity index (χ1) is 12.1. The van der Waals surface area contributed by atoms with Crippen molar-refractivity contribution in [3.63, 3.8) is 0 Å². The standard InChI is InChI=1S/C19H39N5O/c1-5-20-19(21-12-17-6-8-23(4)9-7-17)22-13-18-15-24(10-11-25-18)14-16(2)3/h16-18H,5-15H2,1-4H3,(H2,20,21,22). The van der Waals surface area contributed by atoms with Crippen LogP contribution in [0, 0.1) is 11.8 Å². The van der Waals surface area contributed by atoms with Crippen molar-refractivity contribution in [1.29, 1.82) is 0 Å². The summed E-state index contributed by atoms with van der Waals surface area (Å²) in [5.41, 5.74) is 0. The average Bonchev–Trinajstić information content (AvgIpc) is 2.58. The monoisotopic (exact) mass is 353 g/mol. The molecule has 6 heteroatoms. The number of hydrogen-bond donors (Lipinski definition) is 2. The van der Waals surface area contributed by atoms with Crippen LogP contribution >= 0.6 is 0 Å². The zero-order valence-corrected chi connectivity index (χ0v) is 16.8. The maximum atomic E-state index is 5.93. The quantitative estimate of drug-likeness (QED) is 0.533. The van der Waals surface area contributed by atoms with E-state index in [1.54, 1.807) is 0 Å². The summed E-state index contributed by atoms with van der Waals surface area (Å²) >= 11 is 0. The van der Waals surface area contributed by atoms with Crippen LogP contribution in [-0.4, -0.2) is 87.9 Å². The van der Waals surface area contributed by atoms with Crippen molar-refractivity contribution >= 4 is 5.96 Å². The first kappa shape index (κ1) is 20.5. The Morgan fingerprint density at radius 1 is 1.20 bits per heavy atom. The van der Waals surface area contributed by atoms with Gasteiger partial charge in [-0.2, -0.15) is 0 Å². The third kappa shape index (κ3) is 7.92. The van der Waals surface area contributed by atoms with Crippen LogP contribution in [0.15, 0.2) is 4.99 Å². The molecule has 2 aliphatic rings. The van der Waals surface area contributed by atoms with Crippen LogP contribution in [0.1, 0.15) is 33.6 Å². The van der Waals surface area contributed by atoms with E-state index in [1.165, 1.54) is 25.9 Å². The molecule has 2 fully saturated rings. The summed E-state index contributed by atoms with van der Waals surface area (Å²) in [7, 11) is 2.21. The molecular formula is C19H39N5O. The third-order valence-corrected chi connectivity index (χ3v) is 5.03. The van der Waals surface area contributed by atoms with E-state index in [-0.39, 0.29) is 6.10 Å². The molecule has 1 unspecified atom stereocenters. The normalized spacial score (nSPS) is 24.7. The van der Waals surface area contributed by atoms with Gasteiger partial charge in [0.05, 0.1) is 12.7 Å². The molecule has 0 amide bonds. The number of aliphatic imine (C=N–C) groups is 1. The van der Waals surface area contributed by atoms with Crippen LogP contribution in [0.2, 0.25) is 0 Å². The van der Waals surface area contributed by atoms with E-state index in [0.717, 1.165) is 57.8 Å². The van der Waals surface area contributed by atoms with Gasteiger partial charge in [0.2, 0.25) is 0 Å². The van der Waals surface area contributed by atoms with E-state index in [2.05, 4.69) is 48.3 Å².